The molecule has 1 aromatic carbocycles. The minimum absolute atomic E-state index is 0.0111. The fourth-order valence-electron chi connectivity index (χ4n) is 1.82. The summed E-state index contributed by atoms with van der Waals surface area (Å²) in [6.07, 6.45) is 0. The number of amidine groups is 1. The molecule has 2 rings (SSSR count). The van der Waals surface area contributed by atoms with Gasteiger partial charge in [-0.1, -0.05) is 35.0 Å². The molecule has 0 bridgehead atoms. The van der Waals surface area contributed by atoms with Gasteiger partial charge in [0, 0.05) is 18.6 Å². The average Bonchev–Trinajstić information content (AvgIpc) is 2.46. The highest BCUT2D eigenvalue weighted by Crippen LogP contribution is 2.16. The minimum atomic E-state index is -0.0111. The molecule has 6 heteroatoms. The SMILES string of the molecule is CN(Cc1cccc(Cl)c1)c1cccc(C(N)=NO)n1. The van der Waals surface area contributed by atoms with Crippen LogP contribution in [0.4, 0.5) is 5.82 Å². The molecule has 0 atom stereocenters. The van der Waals surface area contributed by atoms with Gasteiger partial charge < -0.3 is 15.8 Å². The number of halogens is 1. The zero-order valence-corrected chi connectivity index (χ0v) is 11.7. The third-order valence-corrected chi connectivity index (χ3v) is 3.04. The molecule has 1 aromatic heterocycles. The number of aromatic nitrogens is 1. The molecule has 20 heavy (non-hydrogen) atoms. The summed E-state index contributed by atoms with van der Waals surface area (Å²) in [5.74, 6) is 0.720. The van der Waals surface area contributed by atoms with Gasteiger partial charge in [0.25, 0.3) is 0 Å². The summed E-state index contributed by atoms with van der Waals surface area (Å²) in [5.41, 5.74) is 7.05. The second-order valence-corrected chi connectivity index (χ2v) is 4.79. The first-order valence-corrected chi connectivity index (χ1v) is 6.38. The van der Waals surface area contributed by atoms with Crippen molar-refractivity contribution < 1.29 is 5.21 Å². The largest absolute Gasteiger partial charge is 0.409 e. The molecular formula is C14H15ClN4O. The molecule has 0 saturated carbocycles. The third-order valence-electron chi connectivity index (χ3n) is 2.80. The van der Waals surface area contributed by atoms with Crippen LogP contribution in [0, 0.1) is 0 Å². The van der Waals surface area contributed by atoms with Crippen molar-refractivity contribution in [3.8, 4) is 0 Å². The van der Waals surface area contributed by atoms with Gasteiger partial charge in [0.1, 0.15) is 11.5 Å². The maximum atomic E-state index is 8.68. The van der Waals surface area contributed by atoms with Crippen LogP contribution in [-0.2, 0) is 6.54 Å². The molecule has 0 saturated heterocycles. The molecule has 5 nitrogen and oxygen atoms in total. The van der Waals surface area contributed by atoms with Gasteiger partial charge in [0.15, 0.2) is 5.84 Å². The van der Waals surface area contributed by atoms with E-state index in [4.69, 9.17) is 22.5 Å². The lowest BCUT2D eigenvalue weighted by atomic mass is 10.2. The molecule has 3 N–H and O–H groups in total. The average molecular weight is 291 g/mol. The standard InChI is InChI=1S/C14H15ClN4O/c1-19(9-10-4-2-5-11(15)8-10)13-7-3-6-12(17-13)14(16)18-20/h2-8,20H,9H2,1H3,(H2,16,18). The molecular weight excluding hydrogens is 276 g/mol. The first-order valence-electron chi connectivity index (χ1n) is 6.00. The quantitative estimate of drug-likeness (QED) is 0.393. The number of nitrogens with two attached hydrogens (primary N) is 1. The smallest absolute Gasteiger partial charge is 0.188 e. The summed E-state index contributed by atoms with van der Waals surface area (Å²) in [4.78, 5) is 6.30. The lowest BCUT2D eigenvalue weighted by molar-refractivity contribution is 0.318. The van der Waals surface area contributed by atoms with Gasteiger partial charge in [-0.25, -0.2) is 4.98 Å². The molecule has 0 aliphatic rings. The van der Waals surface area contributed by atoms with Gasteiger partial charge in [-0.05, 0) is 29.8 Å². The fourth-order valence-corrected chi connectivity index (χ4v) is 2.03. The predicted octanol–water partition coefficient (Wildman–Crippen LogP) is 2.47. The third kappa shape index (κ3) is 3.39. The van der Waals surface area contributed by atoms with E-state index in [-0.39, 0.29) is 5.84 Å². The number of hydrogen-bond donors (Lipinski definition) is 2. The molecule has 1 heterocycles. The summed E-state index contributed by atoms with van der Waals surface area (Å²) in [7, 11) is 1.92. The molecule has 0 aliphatic heterocycles. The van der Waals surface area contributed by atoms with Crippen molar-refractivity contribution in [1.82, 2.24) is 4.98 Å². The Morgan fingerprint density at radius 3 is 2.80 bits per heavy atom. The van der Waals surface area contributed by atoms with Gasteiger partial charge in [-0.15, -0.1) is 0 Å². The topological polar surface area (TPSA) is 74.7 Å². The van der Waals surface area contributed by atoms with Crippen molar-refractivity contribution in [2.75, 3.05) is 11.9 Å². The Hall–Kier alpha value is -2.27. The van der Waals surface area contributed by atoms with E-state index >= 15 is 0 Å². The van der Waals surface area contributed by atoms with E-state index in [1.165, 1.54) is 0 Å². The maximum Gasteiger partial charge on any atom is 0.188 e. The van der Waals surface area contributed by atoms with Crippen LogP contribution in [0.5, 0.6) is 0 Å². The van der Waals surface area contributed by atoms with Crippen LogP contribution in [-0.4, -0.2) is 23.1 Å². The monoisotopic (exact) mass is 290 g/mol. The Bertz CT molecular complexity index is 630. The van der Waals surface area contributed by atoms with Crippen LogP contribution < -0.4 is 10.6 Å². The highest BCUT2D eigenvalue weighted by atomic mass is 35.5. The molecule has 2 aromatic rings. The van der Waals surface area contributed by atoms with E-state index in [2.05, 4.69) is 10.1 Å². The van der Waals surface area contributed by atoms with Crippen molar-refractivity contribution in [3.63, 3.8) is 0 Å². The van der Waals surface area contributed by atoms with Crippen molar-refractivity contribution in [1.29, 1.82) is 0 Å². The number of pyridine rings is 1. The first-order chi connectivity index (χ1) is 9.60. The van der Waals surface area contributed by atoms with Crippen LogP contribution in [0.25, 0.3) is 0 Å². The van der Waals surface area contributed by atoms with E-state index in [1.54, 1.807) is 6.07 Å². The second kappa shape index (κ2) is 6.25. The van der Waals surface area contributed by atoms with E-state index < -0.39 is 0 Å². The highest BCUT2D eigenvalue weighted by Gasteiger charge is 2.07. The summed E-state index contributed by atoms with van der Waals surface area (Å²) >= 11 is 5.97. The molecule has 0 spiro atoms. The number of nitrogens with zero attached hydrogens (tertiary/aromatic N) is 3. The molecule has 0 fully saturated rings. The lowest BCUT2D eigenvalue weighted by Crippen LogP contribution is -2.20. The summed E-state index contributed by atoms with van der Waals surface area (Å²) in [5, 5.41) is 12.3. The van der Waals surface area contributed by atoms with Crippen LogP contribution in [0.2, 0.25) is 5.02 Å². The molecule has 0 radical (unpaired) electrons. The van der Waals surface area contributed by atoms with Gasteiger partial charge in [-0.2, -0.15) is 0 Å². The van der Waals surface area contributed by atoms with Crippen molar-refractivity contribution in [2.45, 2.75) is 6.54 Å². The Morgan fingerprint density at radius 2 is 2.10 bits per heavy atom. The second-order valence-electron chi connectivity index (χ2n) is 4.35. The maximum absolute atomic E-state index is 8.68. The number of rotatable bonds is 4. The Balaban J connectivity index is 2.19. The lowest BCUT2D eigenvalue weighted by Gasteiger charge is -2.18. The summed E-state index contributed by atoms with van der Waals surface area (Å²) < 4.78 is 0. The number of benzene rings is 1. The zero-order chi connectivity index (χ0) is 14.5. The molecule has 0 amide bonds. The van der Waals surface area contributed by atoms with Crippen LogP contribution in [0.3, 0.4) is 0 Å². The Kier molecular flexibility index (Phi) is 4.42. The van der Waals surface area contributed by atoms with Crippen LogP contribution in [0.1, 0.15) is 11.3 Å². The number of anilines is 1. The summed E-state index contributed by atoms with van der Waals surface area (Å²) in [6, 6.07) is 13.0. The van der Waals surface area contributed by atoms with Crippen LogP contribution in [0.15, 0.2) is 47.6 Å². The molecule has 0 aliphatic carbocycles. The van der Waals surface area contributed by atoms with Crippen molar-refractivity contribution in [3.05, 3.63) is 58.7 Å². The van der Waals surface area contributed by atoms with E-state index in [1.807, 2.05) is 48.3 Å². The fraction of sp³-hybridized carbons (Fsp3) is 0.143. The first kappa shape index (κ1) is 14.1. The van der Waals surface area contributed by atoms with E-state index in [0.29, 0.717) is 17.3 Å². The summed E-state index contributed by atoms with van der Waals surface area (Å²) in [6.45, 7) is 0.660. The Labute approximate surface area is 122 Å². The number of oxime groups is 1. The van der Waals surface area contributed by atoms with Gasteiger partial charge in [0.05, 0.1) is 0 Å². The number of hydrogen-bond acceptors (Lipinski definition) is 4. The molecule has 104 valence electrons. The zero-order valence-electron chi connectivity index (χ0n) is 11.0. The minimum Gasteiger partial charge on any atom is -0.409 e. The highest BCUT2D eigenvalue weighted by molar-refractivity contribution is 6.30. The predicted molar refractivity (Wildman–Crippen MR) is 80.3 cm³/mol. The van der Waals surface area contributed by atoms with Crippen molar-refractivity contribution >= 4 is 23.3 Å². The van der Waals surface area contributed by atoms with E-state index in [0.717, 1.165) is 11.4 Å². The van der Waals surface area contributed by atoms with Crippen molar-refractivity contribution in [2.24, 2.45) is 10.9 Å². The molecule has 0 unspecified atom stereocenters. The van der Waals surface area contributed by atoms with E-state index in [9.17, 15) is 0 Å². The normalized spacial score (nSPS) is 11.4. The van der Waals surface area contributed by atoms with Gasteiger partial charge >= 0.3 is 0 Å². The van der Waals surface area contributed by atoms with Crippen LogP contribution >= 0.6 is 11.6 Å². The van der Waals surface area contributed by atoms with Gasteiger partial charge in [0.2, 0.25) is 0 Å². The van der Waals surface area contributed by atoms with Gasteiger partial charge in [-0.3, -0.25) is 0 Å². The Morgan fingerprint density at radius 1 is 1.35 bits per heavy atom.